The van der Waals surface area contributed by atoms with Crippen molar-refractivity contribution in [2.45, 2.75) is 6.42 Å². The van der Waals surface area contributed by atoms with Crippen LogP contribution < -0.4 is 0 Å². The predicted octanol–water partition coefficient (Wildman–Crippen LogP) is 4.80. The minimum atomic E-state index is -0.678. The molecule has 2 N–H and O–H groups in total. The second-order valence-electron chi connectivity index (χ2n) is 5.42. The van der Waals surface area contributed by atoms with E-state index in [2.05, 4.69) is 9.97 Å². The zero-order chi connectivity index (χ0) is 16.1. The second-order valence-corrected chi connectivity index (χ2v) is 5.42. The van der Waals surface area contributed by atoms with Crippen LogP contribution in [0, 0.1) is 23.3 Å². The van der Waals surface area contributed by atoms with Gasteiger partial charge in [-0.05, 0) is 23.3 Å². The number of hydrogen-bond donors (Lipinski definition) is 2. The van der Waals surface area contributed by atoms with Crippen molar-refractivity contribution in [3.05, 3.63) is 71.1 Å². The average Bonchev–Trinajstić information content (AvgIpc) is 3.05. The second kappa shape index (κ2) is 4.87. The first-order chi connectivity index (χ1) is 11.0. The lowest BCUT2D eigenvalue weighted by atomic mass is 10.0. The van der Waals surface area contributed by atoms with E-state index in [0.717, 1.165) is 12.1 Å². The van der Waals surface area contributed by atoms with Gasteiger partial charge in [0, 0.05) is 41.7 Å². The van der Waals surface area contributed by atoms with Crippen LogP contribution in [0.15, 0.2) is 36.7 Å². The van der Waals surface area contributed by atoms with Crippen LogP contribution in [0.25, 0.3) is 21.8 Å². The third-order valence-corrected chi connectivity index (χ3v) is 3.96. The first-order valence-corrected chi connectivity index (χ1v) is 6.93. The molecule has 0 radical (unpaired) electrons. The number of fused-ring (bicyclic) bond motifs is 2. The zero-order valence-electron chi connectivity index (χ0n) is 11.7. The monoisotopic (exact) mass is 318 g/mol. The van der Waals surface area contributed by atoms with Crippen molar-refractivity contribution in [3.63, 3.8) is 0 Å². The minimum absolute atomic E-state index is 0.207. The SMILES string of the molecule is Fc1cc(F)c2[nH]cc(Cc3c[nH]c4c(F)cc(F)cc34)c2c1. The Morgan fingerprint density at radius 1 is 0.652 bits per heavy atom. The van der Waals surface area contributed by atoms with Gasteiger partial charge in [-0.1, -0.05) is 0 Å². The minimum Gasteiger partial charge on any atom is -0.359 e. The molecular weight excluding hydrogens is 308 g/mol. The van der Waals surface area contributed by atoms with E-state index < -0.39 is 23.3 Å². The highest BCUT2D eigenvalue weighted by Gasteiger charge is 2.14. The van der Waals surface area contributed by atoms with Gasteiger partial charge in [0.25, 0.3) is 0 Å². The molecule has 0 aliphatic carbocycles. The summed E-state index contributed by atoms with van der Waals surface area (Å²) in [6.45, 7) is 0. The van der Waals surface area contributed by atoms with Crippen LogP contribution in [0.1, 0.15) is 11.1 Å². The van der Waals surface area contributed by atoms with E-state index in [1.54, 1.807) is 12.4 Å². The largest absolute Gasteiger partial charge is 0.359 e. The predicted molar refractivity (Wildman–Crippen MR) is 79.2 cm³/mol. The van der Waals surface area contributed by atoms with Crippen LogP contribution in [0.2, 0.25) is 0 Å². The van der Waals surface area contributed by atoms with Crippen molar-refractivity contribution in [1.82, 2.24) is 9.97 Å². The highest BCUT2D eigenvalue weighted by atomic mass is 19.1. The third-order valence-electron chi connectivity index (χ3n) is 3.96. The fourth-order valence-corrected chi connectivity index (χ4v) is 2.92. The Bertz CT molecular complexity index is 962. The van der Waals surface area contributed by atoms with Gasteiger partial charge in [-0.3, -0.25) is 0 Å². The quantitative estimate of drug-likeness (QED) is 0.498. The van der Waals surface area contributed by atoms with Crippen LogP contribution >= 0.6 is 0 Å². The maximum absolute atomic E-state index is 13.7. The fourth-order valence-electron chi connectivity index (χ4n) is 2.92. The molecule has 4 rings (SSSR count). The molecule has 6 heteroatoms. The summed E-state index contributed by atoms with van der Waals surface area (Å²) in [4.78, 5) is 5.53. The van der Waals surface area contributed by atoms with E-state index in [0.29, 0.717) is 21.9 Å². The number of benzene rings is 2. The maximum Gasteiger partial charge on any atom is 0.150 e. The van der Waals surface area contributed by atoms with Gasteiger partial charge in [0.1, 0.15) is 23.3 Å². The Morgan fingerprint density at radius 2 is 1.09 bits per heavy atom. The Kier molecular flexibility index (Phi) is 2.94. The van der Waals surface area contributed by atoms with Crippen LogP contribution in [-0.4, -0.2) is 9.97 Å². The third kappa shape index (κ3) is 2.18. The standard InChI is InChI=1S/C17H10F4N2/c18-10-2-12-8(6-22-16(12)14(20)4-10)1-9-7-23-17-13(9)3-11(19)5-15(17)21/h2-7,22-23H,1H2. The van der Waals surface area contributed by atoms with Gasteiger partial charge in [-0.15, -0.1) is 0 Å². The summed E-state index contributed by atoms with van der Waals surface area (Å²) in [5, 5.41) is 0.822. The normalized spacial score (nSPS) is 11.7. The zero-order valence-corrected chi connectivity index (χ0v) is 11.7. The van der Waals surface area contributed by atoms with Gasteiger partial charge in [0.15, 0.2) is 0 Å². The molecule has 4 aromatic rings. The lowest BCUT2D eigenvalue weighted by Gasteiger charge is -2.01. The van der Waals surface area contributed by atoms with Gasteiger partial charge < -0.3 is 9.97 Å². The highest BCUT2D eigenvalue weighted by Crippen LogP contribution is 2.28. The summed E-state index contributed by atoms with van der Waals surface area (Å²) in [5.74, 6) is -2.71. The van der Waals surface area contributed by atoms with Crippen molar-refractivity contribution in [2.75, 3.05) is 0 Å². The number of aromatic nitrogens is 2. The molecule has 0 saturated carbocycles. The molecule has 2 aromatic heterocycles. The smallest absolute Gasteiger partial charge is 0.150 e. The van der Waals surface area contributed by atoms with Crippen molar-refractivity contribution < 1.29 is 17.6 Å². The maximum atomic E-state index is 13.7. The molecule has 0 atom stereocenters. The number of H-pyrrole nitrogens is 2. The molecule has 2 heterocycles. The lowest BCUT2D eigenvalue weighted by Crippen LogP contribution is -1.88. The summed E-state index contributed by atoms with van der Waals surface area (Å²) in [5.41, 5.74) is 1.70. The molecule has 0 amide bonds. The molecular formula is C17H10F4N2. The van der Waals surface area contributed by atoms with E-state index in [-0.39, 0.29) is 17.5 Å². The number of aromatic amines is 2. The summed E-state index contributed by atoms with van der Waals surface area (Å²) in [6, 6.07) is 4.08. The molecule has 0 aliphatic heterocycles. The molecule has 0 bridgehead atoms. The lowest BCUT2D eigenvalue weighted by molar-refractivity contribution is 0.590. The number of nitrogens with one attached hydrogen (secondary N) is 2. The van der Waals surface area contributed by atoms with E-state index in [4.69, 9.17) is 0 Å². The Hall–Kier alpha value is -2.76. The molecule has 2 nitrogen and oxygen atoms in total. The van der Waals surface area contributed by atoms with Gasteiger partial charge >= 0.3 is 0 Å². The Morgan fingerprint density at radius 3 is 1.52 bits per heavy atom. The van der Waals surface area contributed by atoms with Gasteiger partial charge in [-0.2, -0.15) is 0 Å². The molecule has 23 heavy (non-hydrogen) atoms. The van der Waals surface area contributed by atoms with Gasteiger partial charge in [0.2, 0.25) is 0 Å². The van der Waals surface area contributed by atoms with E-state index >= 15 is 0 Å². The molecule has 0 spiro atoms. The summed E-state index contributed by atoms with van der Waals surface area (Å²) in [6.07, 6.45) is 3.43. The topological polar surface area (TPSA) is 31.6 Å². The molecule has 0 unspecified atom stereocenters. The number of halogens is 4. The van der Waals surface area contributed by atoms with Crippen LogP contribution in [-0.2, 0) is 6.42 Å². The van der Waals surface area contributed by atoms with Gasteiger partial charge in [-0.25, -0.2) is 17.6 Å². The van der Waals surface area contributed by atoms with Crippen molar-refractivity contribution in [3.8, 4) is 0 Å². The van der Waals surface area contributed by atoms with Crippen molar-refractivity contribution in [1.29, 1.82) is 0 Å². The number of rotatable bonds is 2. The summed E-state index contributed by atoms with van der Waals surface area (Å²) < 4.78 is 54.3. The fraction of sp³-hybridized carbons (Fsp3) is 0.0588. The molecule has 0 fully saturated rings. The van der Waals surface area contributed by atoms with Crippen LogP contribution in [0.4, 0.5) is 17.6 Å². The van der Waals surface area contributed by atoms with Crippen LogP contribution in [0.3, 0.4) is 0 Å². The van der Waals surface area contributed by atoms with E-state index in [1.807, 2.05) is 0 Å². The molecule has 0 saturated heterocycles. The first kappa shape index (κ1) is 13.9. The van der Waals surface area contributed by atoms with Crippen molar-refractivity contribution in [2.24, 2.45) is 0 Å². The molecule has 116 valence electrons. The molecule has 2 aromatic carbocycles. The first-order valence-electron chi connectivity index (χ1n) is 6.93. The average molecular weight is 318 g/mol. The number of hydrogen-bond acceptors (Lipinski definition) is 0. The highest BCUT2D eigenvalue weighted by molar-refractivity contribution is 5.87. The van der Waals surface area contributed by atoms with Gasteiger partial charge in [0.05, 0.1) is 11.0 Å². The molecule has 0 aliphatic rings. The van der Waals surface area contributed by atoms with Crippen LogP contribution in [0.5, 0.6) is 0 Å². The van der Waals surface area contributed by atoms with Crippen molar-refractivity contribution >= 4 is 21.8 Å². The Labute approximate surface area is 127 Å². The summed E-state index contributed by atoms with van der Waals surface area (Å²) in [7, 11) is 0. The van der Waals surface area contributed by atoms with E-state index in [1.165, 1.54) is 12.1 Å². The Balaban J connectivity index is 1.85. The summed E-state index contributed by atoms with van der Waals surface area (Å²) >= 11 is 0. The van der Waals surface area contributed by atoms with E-state index in [9.17, 15) is 17.6 Å².